The molecule has 1 amide bonds. The molecule has 0 fully saturated rings. The average molecular weight is 429 g/mol. The van der Waals surface area contributed by atoms with Crippen LogP contribution in [0, 0.1) is 13.8 Å². The Labute approximate surface area is 188 Å². The summed E-state index contributed by atoms with van der Waals surface area (Å²) in [6.07, 6.45) is -0.676. The van der Waals surface area contributed by atoms with E-state index in [0.29, 0.717) is 17.6 Å². The second-order valence-electron chi connectivity index (χ2n) is 8.34. The molecule has 1 N–H and O–H groups in total. The van der Waals surface area contributed by atoms with Crippen LogP contribution in [0.5, 0.6) is 5.75 Å². The Morgan fingerprint density at radius 2 is 1.72 bits per heavy atom. The molecule has 164 valence electrons. The minimum absolute atomic E-state index is 0.248. The van der Waals surface area contributed by atoms with Gasteiger partial charge in [0.15, 0.2) is 11.9 Å². The summed E-state index contributed by atoms with van der Waals surface area (Å²) >= 11 is 0. The van der Waals surface area contributed by atoms with Crippen molar-refractivity contribution < 1.29 is 9.53 Å². The molecule has 4 aromatic rings. The maximum absolute atomic E-state index is 13.0. The molecule has 2 heterocycles. The Hall–Kier alpha value is -3.67. The standard InChI is InChI=1S/C26H28N4O2/c1-16(2)20-10-7-9-13-23(20)32-19(5)26(31)28-25-15-18(4)29-30(25)24-14-17(3)21-11-6-8-12-22(21)27-24/h6-16,19H,1-5H3,(H,28,31). The predicted molar refractivity (Wildman–Crippen MR) is 128 cm³/mol. The van der Waals surface area contributed by atoms with E-state index < -0.39 is 6.10 Å². The number of hydrogen-bond donors (Lipinski definition) is 1. The molecule has 0 saturated heterocycles. The summed E-state index contributed by atoms with van der Waals surface area (Å²) in [5, 5.41) is 8.62. The van der Waals surface area contributed by atoms with Gasteiger partial charge in [0.25, 0.3) is 5.91 Å². The SMILES string of the molecule is Cc1cc(NC(=O)C(C)Oc2ccccc2C(C)C)n(-c2cc(C)c3ccccc3n2)n1. The van der Waals surface area contributed by atoms with Crippen molar-refractivity contribution in [3.05, 3.63) is 77.5 Å². The van der Waals surface area contributed by atoms with Gasteiger partial charge in [0.05, 0.1) is 11.2 Å². The third kappa shape index (κ3) is 4.35. The van der Waals surface area contributed by atoms with Gasteiger partial charge in [0.1, 0.15) is 11.6 Å². The summed E-state index contributed by atoms with van der Waals surface area (Å²) < 4.78 is 7.68. The highest BCUT2D eigenvalue weighted by molar-refractivity contribution is 5.93. The van der Waals surface area contributed by atoms with Crippen molar-refractivity contribution >= 4 is 22.6 Å². The zero-order chi connectivity index (χ0) is 22.8. The van der Waals surface area contributed by atoms with Gasteiger partial charge in [-0.25, -0.2) is 4.98 Å². The Balaban J connectivity index is 1.59. The van der Waals surface area contributed by atoms with Gasteiger partial charge in [-0.15, -0.1) is 0 Å². The lowest BCUT2D eigenvalue weighted by Gasteiger charge is -2.19. The average Bonchev–Trinajstić information content (AvgIpc) is 3.13. The number of aromatic nitrogens is 3. The van der Waals surface area contributed by atoms with Crippen LogP contribution < -0.4 is 10.1 Å². The molecule has 0 bridgehead atoms. The third-order valence-corrected chi connectivity index (χ3v) is 5.42. The van der Waals surface area contributed by atoms with Crippen LogP contribution in [0.3, 0.4) is 0 Å². The molecule has 4 rings (SSSR count). The number of rotatable bonds is 6. The van der Waals surface area contributed by atoms with E-state index in [2.05, 4.69) is 24.3 Å². The van der Waals surface area contributed by atoms with E-state index in [0.717, 1.165) is 33.5 Å². The molecule has 1 atom stereocenters. The molecule has 6 heteroatoms. The highest BCUT2D eigenvalue weighted by Gasteiger charge is 2.20. The van der Waals surface area contributed by atoms with Crippen molar-refractivity contribution in [1.82, 2.24) is 14.8 Å². The van der Waals surface area contributed by atoms with Crippen molar-refractivity contribution in [2.24, 2.45) is 0 Å². The fourth-order valence-electron chi connectivity index (χ4n) is 3.74. The number of carbonyl (C=O) groups excluding carboxylic acids is 1. The highest BCUT2D eigenvalue weighted by Crippen LogP contribution is 2.27. The highest BCUT2D eigenvalue weighted by atomic mass is 16.5. The fraction of sp³-hybridized carbons (Fsp3) is 0.269. The van der Waals surface area contributed by atoms with E-state index in [4.69, 9.17) is 9.72 Å². The largest absolute Gasteiger partial charge is 0.481 e. The number of nitrogens with one attached hydrogen (secondary N) is 1. The molecule has 1 unspecified atom stereocenters. The predicted octanol–water partition coefficient (Wildman–Crippen LogP) is 5.57. The third-order valence-electron chi connectivity index (χ3n) is 5.42. The second kappa shape index (κ2) is 8.83. The fourth-order valence-corrected chi connectivity index (χ4v) is 3.74. The molecule has 0 aliphatic carbocycles. The van der Waals surface area contributed by atoms with E-state index >= 15 is 0 Å². The molecule has 0 radical (unpaired) electrons. The first-order valence-electron chi connectivity index (χ1n) is 10.8. The summed E-state index contributed by atoms with van der Waals surface area (Å²) in [6, 6.07) is 19.6. The number of nitrogens with zero attached hydrogens (tertiary/aromatic N) is 3. The van der Waals surface area contributed by atoms with Crippen LogP contribution in [-0.4, -0.2) is 26.8 Å². The summed E-state index contributed by atoms with van der Waals surface area (Å²) in [5.41, 5.74) is 3.84. The summed E-state index contributed by atoms with van der Waals surface area (Å²) in [7, 11) is 0. The van der Waals surface area contributed by atoms with Gasteiger partial charge in [-0.1, -0.05) is 50.2 Å². The van der Waals surface area contributed by atoms with Gasteiger partial charge < -0.3 is 10.1 Å². The Morgan fingerprint density at radius 1 is 1.00 bits per heavy atom. The lowest BCUT2D eigenvalue weighted by Crippen LogP contribution is -2.31. The van der Waals surface area contributed by atoms with Crippen LogP contribution >= 0.6 is 0 Å². The molecule has 2 aromatic heterocycles. The first kappa shape index (κ1) is 21.6. The van der Waals surface area contributed by atoms with Crippen molar-refractivity contribution in [1.29, 1.82) is 0 Å². The number of hydrogen-bond acceptors (Lipinski definition) is 4. The lowest BCUT2D eigenvalue weighted by atomic mass is 10.0. The van der Waals surface area contributed by atoms with Crippen molar-refractivity contribution in [2.75, 3.05) is 5.32 Å². The molecule has 32 heavy (non-hydrogen) atoms. The summed E-state index contributed by atoms with van der Waals surface area (Å²) in [4.78, 5) is 17.7. The van der Waals surface area contributed by atoms with Crippen LogP contribution in [-0.2, 0) is 4.79 Å². The van der Waals surface area contributed by atoms with Gasteiger partial charge in [-0.05, 0) is 56.0 Å². The number of aryl methyl sites for hydroxylation is 2. The van der Waals surface area contributed by atoms with Crippen LogP contribution in [0.25, 0.3) is 16.7 Å². The Bertz CT molecular complexity index is 1280. The molecule has 0 saturated carbocycles. The molecule has 0 aliphatic rings. The van der Waals surface area contributed by atoms with Crippen molar-refractivity contribution in [3.8, 4) is 11.6 Å². The number of para-hydroxylation sites is 2. The lowest BCUT2D eigenvalue weighted by molar-refractivity contribution is -0.122. The van der Waals surface area contributed by atoms with E-state index in [1.54, 1.807) is 11.6 Å². The molecular weight excluding hydrogens is 400 g/mol. The minimum Gasteiger partial charge on any atom is -0.481 e. The van der Waals surface area contributed by atoms with E-state index in [1.807, 2.05) is 74.5 Å². The monoisotopic (exact) mass is 428 g/mol. The van der Waals surface area contributed by atoms with Crippen molar-refractivity contribution in [2.45, 2.75) is 46.6 Å². The first-order chi connectivity index (χ1) is 15.3. The maximum atomic E-state index is 13.0. The van der Waals surface area contributed by atoms with Gasteiger partial charge in [-0.2, -0.15) is 9.78 Å². The summed E-state index contributed by atoms with van der Waals surface area (Å²) in [6.45, 7) is 9.89. The van der Waals surface area contributed by atoms with Crippen molar-refractivity contribution in [3.63, 3.8) is 0 Å². The number of fused-ring (bicyclic) bond motifs is 1. The normalized spacial score (nSPS) is 12.2. The zero-order valence-corrected chi connectivity index (χ0v) is 19.1. The Kier molecular flexibility index (Phi) is 5.95. The molecule has 0 aliphatic heterocycles. The van der Waals surface area contributed by atoms with Gasteiger partial charge in [0, 0.05) is 11.5 Å². The van der Waals surface area contributed by atoms with Gasteiger partial charge in [-0.3, -0.25) is 4.79 Å². The topological polar surface area (TPSA) is 69.0 Å². The Morgan fingerprint density at radius 3 is 2.50 bits per heavy atom. The first-order valence-corrected chi connectivity index (χ1v) is 10.8. The zero-order valence-electron chi connectivity index (χ0n) is 19.1. The van der Waals surface area contributed by atoms with E-state index in [-0.39, 0.29) is 5.91 Å². The molecule has 6 nitrogen and oxygen atoms in total. The number of carbonyl (C=O) groups is 1. The molecule has 0 spiro atoms. The number of ether oxygens (including phenoxy) is 1. The molecule has 2 aromatic carbocycles. The van der Waals surface area contributed by atoms with Gasteiger partial charge >= 0.3 is 0 Å². The second-order valence-corrected chi connectivity index (χ2v) is 8.34. The number of anilines is 1. The number of benzene rings is 2. The van der Waals surface area contributed by atoms with E-state index in [9.17, 15) is 4.79 Å². The smallest absolute Gasteiger partial charge is 0.266 e. The van der Waals surface area contributed by atoms with E-state index in [1.165, 1.54) is 0 Å². The molecular formula is C26H28N4O2. The minimum atomic E-state index is -0.676. The summed E-state index contributed by atoms with van der Waals surface area (Å²) in [5.74, 6) is 1.99. The van der Waals surface area contributed by atoms with Crippen LogP contribution in [0.4, 0.5) is 5.82 Å². The quantitative estimate of drug-likeness (QED) is 0.436. The van der Waals surface area contributed by atoms with Crippen LogP contribution in [0.2, 0.25) is 0 Å². The van der Waals surface area contributed by atoms with Crippen LogP contribution in [0.1, 0.15) is 43.5 Å². The maximum Gasteiger partial charge on any atom is 0.266 e. The number of amides is 1. The van der Waals surface area contributed by atoms with Crippen LogP contribution in [0.15, 0.2) is 60.7 Å². The number of pyridine rings is 1. The van der Waals surface area contributed by atoms with Gasteiger partial charge in [0.2, 0.25) is 0 Å².